The van der Waals surface area contributed by atoms with Crippen molar-refractivity contribution >= 4 is 40.2 Å². The number of carbonyl (C=O) groups is 1. The number of hydrogen-bond acceptors (Lipinski definition) is 4. The highest BCUT2D eigenvalue weighted by molar-refractivity contribution is 14.1. The third-order valence-corrected chi connectivity index (χ3v) is 4.15. The molecule has 2 rings (SSSR count). The average molecular weight is 393 g/mol. The summed E-state index contributed by atoms with van der Waals surface area (Å²) in [7, 11) is 0. The van der Waals surface area contributed by atoms with Gasteiger partial charge in [0.1, 0.15) is 0 Å². The van der Waals surface area contributed by atoms with Crippen LogP contribution in [0.25, 0.3) is 11.4 Å². The Morgan fingerprint density at radius 1 is 1.58 bits per heavy atom. The summed E-state index contributed by atoms with van der Waals surface area (Å²) in [5, 5.41) is 20.8. The van der Waals surface area contributed by atoms with Crippen LogP contribution in [0.2, 0.25) is 5.02 Å². The number of halogens is 2. The summed E-state index contributed by atoms with van der Waals surface area (Å²) in [5.74, 6) is -0.949. The van der Waals surface area contributed by atoms with Crippen molar-refractivity contribution < 1.29 is 9.90 Å². The predicted molar refractivity (Wildman–Crippen MR) is 77.8 cm³/mol. The summed E-state index contributed by atoms with van der Waals surface area (Å²) >= 11 is 8.19. The molecular formula is C11H10ClIN4O2. The first-order valence-electron chi connectivity index (χ1n) is 5.43. The van der Waals surface area contributed by atoms with E-state index in [1.54, 1.807) is 13.0 Å². The molecule has 1 aromatic heterocycles. The standard InChI is InChI=1S/C11H10ClIN4O2/c1-6(11(18)19)5-17-10(14-15-16-17)7-2-3-9(13)8(12)4-7/h2-4,6H,5H2,1H3,(H,18,19). The molecule has 1 atom stereocenters. The SMILES string of the molecule is CC(Cn1nnnc1-c1ccc(I)c(Cl)c1)C(=O)O. The highest BCUT2D eigenvalue weighted by atomic mass is 127. The van der Waals surface area contributed by atoms with Crippen molar-refractivity contribution in [2.24, 2.45) is 5.92 Å². The van der Waals surface area contributed by atoms with Gasteiger partial charge in [0.2, 0.25) is 0 Å². The molecule has 100 valence electrons. The monoisotopic (exact) mass is 392 g/mol. The number of hydrogen-bond donors (Lipinski definition) is 1. The van der Waals surface area contributed by atoms with Crippen LogP contribution in [0.15, 0.2) is 18.2 Å². The van der Waals surface area contributed by atoms with Crippen molar-refractivity contribution in [2.45, 2.75) is 13.5 Å². The Hall–Kier alpha value is -1.22. The molecule has 1 aromatic carbocycles. The molecule has 0 radical (unpaired) electrons. The van der Waals surface area contributed by atoms with E-state index in [1.807, 2.05) is 12.1 Å². The van der Waals surface area contributed by atoms with Gasteiger partial charge >= 0.3 is 5.97 Å². The lowest BCUT2D eigenvalue weighted by atomic mass is 10.1. The van der Waals surface area contributed by atoms with Gasteiger partial charge in [0.05, 0.1) is 17.5 Å². The quantitative estimate of drug-likeness (QED) is 0.808. The first-order chi connectivity index (χ1) is 8.99. The van der Waals surface area contributed by atoms with Gasteiger partial charge in [0.25, 0.3) is 0 Å². The van der Waals surface area contributed by atoms with Gasteiger partial charge in [-0.1, -0.05) is 18.5 Å². The molecule has 1 N–H and O–H groups in total. The molecular weight excluding hydrogens is 383 g/mol. The first-order valence-corrected chi connectivity index (χ1v) is 6.89. The highest BCUT2D eigenvalue weighted by Crippen LogP contribution is 2.25. The Morgan fingerprint density at radius 2 is 2.32 bits per heavy atom. The minimum Gasteiger partial charge on any atom is -0.481 e. The second kappa shape index (κ2) is 5.83. The second-order valence-electron chi connectivity index (χ2n) is 4.05. The largest absolute Gasteiger partial charge is 0.481 e. The number of rotatable bonds is 4. The summed E-state index contributed by atoms with van der Waals surface area (Å²) in [6.45, 7) is 1.82. The summed E-state index contributed by atoms with van der Waals surface area (Å²) in [6, 6.07) is 5.47. The molecule has 0 fully saturated rings. The van der Waals surface area contributed by atoms with Gasteiger partial charge < -0.3 is 5.11 Å². The van der Waals surface area contributed by atoms with Crippen LogP contribution >= 0.6 is 34.2 Å². The van der Waals surface area contributed by atoms with E-state index in [9.17, 15) is 4.79 Å². The summed E-state index contributed by atoms with van der Waals surface area (Å²) in [4.78, 5) is 10.9. The Balaban J connectivity index is 2.33. The fourth-order valence-corrected chi connectivity index (χ4v) is 2.02. The predicted octanol–water partition coefficient (Wildman–Crippen LogP) is 2.32. The van der Waals surface area contributed by atoms with Gasteiger partial charge in [-0.25, -0.2) is 4.68 Å². The van der Waals surface area contributed by atoms with Gasteiger partial charge in [0.15, 0.2) is 5.82 Å². The maximum Gasteiger partial charge on any atom is 0.308 e. The Morgan fingerprint density at radius 3 is 2.95 bits per heavy atom. The molecule has 19 heavy (non-hydrogen) atoms. The minimum atomic E-state index is -0.887. The zero-order chi connectivity index (χ0) is 14.0. The van der Waals surface area contributed by atoms with Crippen molar-refractivity contribution in [1.29, 1.82) is 0 Å². The van der Waals surface area contributed by atoms with Crippen molar-refractivity contribution in [3.8, 4) is 11.4 Å². The van der Waals surface area contributed by atoms with Crippen LogP contribution in [-0.4, -0.2) is 31.3 Å². The van der Waals surface area contributed by atoms with Crippen molar-refractivity contribution in [1.82, 2.24) is 20.2 Å². The van der Waals surface area contributed by atoms with Gasteiger partial charge in [-0.05, 0) is 51.2 Å². The van der Waals surface area contributed by atoms with Crippen LogP contribution < -0.4 is 0 Å². The Bertz CT molecular complexity index is 616. The van der Waals surface area contributed by atoms with E-state index < -0.39 is 11.9 Å². The van der Waals surface area contributed by atoms with Gasteiger partial charge in [-0.3, -0.25) is 4.79 Å². The molecule has 0 aliphatic rings. The lowest BCUT2D eigenvalue weighted by molar-refractivity contribution is -0.141. The summed E-state index contributed by atoms with van der Waals surface area (Å²) < 4.78 is 2.40. The number of tetrazole rings is 1. The topological polar surface area (TPSA) is 80.9 Å². The zero-order valence-corrected chi connectivity index (χ0v) is 12.8. The molecule has 0 aliphatic carbocycles. The van der Waals surface area contributed by atoms with E-state index in [4.69, 9.17) is 16.7 Å². The van der Waals surface area contributed by atoms with E-state index in [0.717, 1.165) is 9.13 Å². The molecule has 0 saturated heterocycles. The van der Waals surface area contributed by atoms with Crippen molar-refractivity contribution in [3.05, 3.63) is 26.8 Å². The molecule has 1 unspecified atom stereocenters. The maximum absolute atomic E-state index is 10.9. The normalized spacial score (nSPS) is 12.4. The lowest BCUT2D eigenvalue weighted by Gasteiger charge is -2.08. The van der Waals surface area contributed by atoms with E-state index >= 15 is 0 Å². The number of carboxylic acids is 1. The second-order valence-corrected chi connectivity index (χ2v) is 5.62. The van der Waals surface area contributed by atoms with Crippen LogP contribution in [0, 0.1) is 9.49 Å². The number of carboxylic acid groups (broad SMARTS) is 1. The Labute approximate surface area is 127 Å². The van der Waals surface area contributed by atoms with E-state index in [-0.39, 0.29) is 6.54 Å². The fourth-order valence-electron chi connectivity index (χ4n) is 1.51. The molecule has 0 spiro atoms. The third-order valence-electron chi connectivity index (χ3n) is 2.58. The summed E-state index contributed by atoms with van der Waals surface area (Å²) in [6.07, 6.45) is 0. The van der Waals surface area contributed by atoms with E-state index in [1.165, 1.54) is 4.68 Å². The van der Waals surface area contributed by atoms with E-state index in [2.05, 4.69) is 38.1 Å². The van der Waals surface area contributed by atoms with Crippen LogP contribution in [-0.2, 0) is 11.3 Å². The molecule has 0 saturated carbocycles. The molecule has 0 amide bonds. The minimum absolute atomic E-state index is 0.210. The van der Waals surface area contributed by atoms with Crippen molar-refractivity contribution in [2.75, 3.05) is 0 Å². The third kappa shape index (κ3) is 3.21. The zero-order valence-electron chi connectivity index (χ0n) is 9.92. The number of benzene rings is 1. The van der Waals surface area contributed by atoms with E-state index in [0.29, 0.717) is 10.8 Å². The average Bonchev–Trinajstić information content (AvgIpc) is 2.80. The Kier molecular flexibility index (Phi) is 4.35. The van der Waals surface area contributed by atoms with Crippen molar-refractivity contribution in [3.63, 3.8) is 0 Å². The smallest absolute Gasteiger partial charge is 0.308 e. The molecule has 8 heteroatoms. The summed E-state index contributed by atoms with van der Waals surface area (Å²) in [5.41, 5.74) is 0.757. The molecule has 2 aromatic rings. The number of aliphatic carboxylic acids is 1. The van der Waals surface area contributed by atoms with Crippen LogP contribution in [0.4, 0.5) is 0 Å². The van der Waals surface area contributed by atoms with Gasteiger partial charge in [-0.2, -0.15) is 0 Å². The lowest BCUT2D eigenvalue weighted by Crippen LogP contribution is -2.18. The van der Waals surface area contributed by atoms with Gasteiger partial charge in [0, 0.05) is 9.13 Å². The number of nitrogens with zero attached hydrogens (tertiary/aromatic N) is 4. The number of aromatic nitrogens is 4. The molecule has 1 heterocycles. The highest BCUT2D eigenvalue weighted by Gasteiger charge is 2.17. The van der Waals surface area contributed by atoms with Gasteiger partial charge in [-0.15, -0.1) is 5.10 Å². The maximum atomic E-state index is 10.9. The van der Waals surface area contributed by atoms with Crippen LogP contribution in [0.5, 0.6) is 0 Å². The van der Waals surface area contributed by atoms with Crippen LogP contribution in [0.1, 0.15) is 6.92 Å². The molecule has 0 bridgehead atoms. The fraction of sp³-hybridized carbons (Fsp3) is 0.273. The first kappa shape index (κ1) is 14.2. The molecule has 6 nitrogen and oxygen atoms in total. The van der Waals surface area contributed by atoms with Crippen LogP contribution in [0.3, 0.4) is 0 Å². The molecule has 0 aliphatic heterocycles.